The summed E-state index contributed by atoms with van der Waals surface area (Å²) in [6.07, 6.45) is 2.77. The van der Waals surface area contributed by atoms with E-state index in [1.54, 1.807) is 0 Å². The number of aromatic nitrogens is 2. The average molecular weight is 294 g/mol. The van der Waals surface area contributed by atoms with Gasteiger partial charge in [-0.25, -0.2) is 4.68 Å². The summed E-state index contributed by atoms with van der Waals surface area (Å²) in [6, 6.07) is 6.33. The van der Waals surface area contributed by atoms with Gasteiger partial charge in [0.1, 0.15) is 0 Å². The van der Waals surface area contributed by atoms with Crippen LogP contribution >= 0.6 is 15.9 Å². The summed E-state index contributed by atoms with van der Waals surface area (Å²) < 4.78 is 2.91. The lowest BCUT2D eigenvalue weighted by molar-refractivity contribution is 0.820. The van der Waals surface area contributed by atoms with E-state index in [4.69, 9.17) is 5.73 Å². The second kappa shape index (κ2) is 5.02. The molecule has 3 nitrogen and oxygen atoms in total. The summed E-state index contributed by atoms with van der Waals surface area (Å²) in [5.41, 5.74) is 10.2. The Morgan fingerprint density at radius 3 is 2.71 bits per heavy atom. The van der Waals surface area contributed by atoms with Crippen molar-refractivity contribution in [2.24, 2.45) is 5.73 Å². The molecule has 1 aromatic heterocycles. The van der Waals surface area contributed by atoms with E-state index < -0.39 is 0 Å². The summed E-state index contributed by atoms with van der Waals surface area (Å²) in [4.78, 5) is 0. The molecule has 0 saturated carbocycles. The highest BCUT2D eigenvalue weighted by Crippen LogP contribution is 2.19. The number of hydrogen-bond acceptors (Lipinski definition) is 2. The van der Waals surface area contributed by atoms with E-state index in [-0.39, 0.29) is 0 Å². The first-order chi connectivity index (χ1) is 8.11. The first-order valence-electron chi connectivity index (χ1n) is 5.63. The number of aryl methyl sites for hydroxylation is 2. The van der Waals surface area contributed by atoms with Crippen molar-refractivity contribution in [3.63, 3.8) is 0 Å². The molecular formula is C13H16BrN3. The van der Waals surface area contributed by atoms with Crippen LogP contribution in [0.25, 0.3) is 5.69 Å². The van der Waals surface area contributed by atoms with Crippen molar-refractivity contribution in [1.82, 2.24) is 9.78 Å². The molecule has 1 aromatic carbocycles. The number of nitrogens with zero attached hydrogens (tertiary/aromatic N) is 2. The van der Waals surface area contributed by atoms with Gasteiger partial charge in [0, 0.05) is 12.6 Å². The van der Waals surface area contributed by atoms with Crippen LogP contribution in [0, 0.1) is 13.8 Å². The predicted octanol–water partition coefficient (Wildman–Crippen LogP) is 2.75. The lowest BCUT2D eigenvalue weighted by Crippen LogP contribution is -2.04. The lowest BCUT2D eigenvalue weighted by atomic mass is 10.1. The molecule has 0 unspecified atom stereocenters. The summed E-state index contributed by atoms with van der Waals surface area (Å²) >= 11 is 3.51. The van der Waals surface area contributed by atoms with Crippen molar-refractivity contribution >= 4 is 15.9 Å². The second-order valence-corrected chi connectivity index (χ2v) is 5.03. The first kappa shape index (κ1) is 12.3. The van der Waals surface area contributed by atoms with Crippen LogP contribution in [0.3, 0.4) is 0 Å². The maximum Gasteiger partial charge on any atom is 0.0783 e. The van der Waals surface area contributed by atoms with E-state index in [1.807, 2.05) is 10.9 Å². The molecule has 0 aliphatic rings. The van der Waals surface area contributed by atoms with Gasteiger partial charge in [0.15, 0.2) is 0 Å². The van der Waals surface area contributed by atoms with E-state index in [1.165, 1.54) is 11.1 Å². The van der Waals surface area contributed by atoms with Crippen molar-refractivity contribution in [3.8, 4) is 5.69 Å². The summed E-state index contributed by atoms with van der Waals surface area (Å²) in [5.74, 6) is 0. The van der Waals surface area contributed by atoms with Crippen LogP contribution in [0.15, 0.2) is 28.9 Å². The monoisotopic (exact) mass is 293 g/mol. The van der Waals surface area contributed by atoms with Crippen LogP contribution in [-0.4, -0.2) is 16.3 Å². The minimum Gasteiger partial charge on any atom is -0.330 e. The average Bonchev–Trinajstić information content (AvgIpc) is 2.65. The van der Waals surface area contributed by atoms with Crippen molar-refractivity contribution in [3.05, 3.63) is 45.7 Å². The molecule has 0 fully saturated rings. The van der Waals surface area contributed by atoms with Crippen molar-refractivity contribution < 1.29 is 0 Å². The van der Waals surface area contributed by atoms with Gasteiger partial charge in [-0.05, 0) is 59.6 Å². The van der Waals surface area contributed by atoms with Gasteiger partial charge in [-0.1, -0.05) is 6.07 Å². The molecule has 90 valence electrons. The molecule has 0 atom stereocenters. The molecule has 4 heteroatoms. The van der Waals surface area contributed by atoms with Crippen LogP contribution < -0.4 is 5.73 Å². The Labute approximate surface area is 110 Å². The Hall–Kier alpha value is -1.13. The van der Waals surface area contributed by atoms with Crippen LogP contribution in [0.1, 0.15) is 16.8 Å². The fraction of sp³-hybridized carbons (Fsp3) is 0.308. The van der Waals surface area contributed by atoms with Crippen molar-refractivity contribution in [1.29, 1.82) is 0 Å². The molecule has 1 heterocycles. The number of rotatable bonds is 3. The van der Waals surface area contributed by atoms with Crippen LogP contribution in [0.5, 0.6) is 0 Å². The topological polar surface area (TPSA) is 43.8 Å². The predicted molar refractivity (Wildman–Crippen MR) is 73.5 cm³/mol. The minimum atomic E-state index is 0.614. The molecule has 0 radical (unpaired) electrons. The Bertz CT molecular complexity index is 531. The fourth-order valence-electron chi connectivity index (χ4n) is 1.70. The fourth-order valence-corrected chi connectivity index (χ4v) is 2.17. The molecule has 2 rings (SSSR count). The molecular weight excluding hydrogens is 278 g/mol. The summed E-state index contributed by atoms with van der Waals surface area (Å²) in [7, 11) is 0. The Morgan fingerprint density at radius 2 is 2.06 bits per heavy atom. The molecule has 0 amide bonds. The normalized spacial score (nSPS) is 10.8. The van der Waals surface area contributed by atoms with Gasteiger partial charge < -0.3 is 5.73 Å². The number of halogens is 1. The SMILES string of the molecule is Cc1ccc(-n2cc(Br)c(CCN)n2)cc1C. The van der Waals surface area contributed by atoms with Crippen molar-refractivity contribution in [2.45, 2.75) is 20.3 Å². The van der Waals surface area contributed by atoms with Gasteiger partial charge in [0.2, 0.25) is 0 Å². The van der Waals surface area contributed by atoms with E-state index >= 15 is 0 Å². The zero-order valence-electron chi connectivity index (χ0n) is 10.1. The van der Waals surface area contributed by atoms with E-state index in [9.17, 15) is 0 Å². The highest BCUT2D eigenvalue weighted by Gasteiger charge is 2.07. The zero-order chi connectivity index (χ0) is 12.4. The van der Waals surface area contributed by atoms with Crippen LogP contribution in [0.4, 0.5) is 0 Å². The third-order valence-corrected chi connectivity index (χ3v) is 3.54. The van der Waals surface area contributed by atoms with Gasteiger partial charge >= 0.3 is 0 Å². The Kier molecular flexibility index (Phi) is 3.64. The zero-order valence-corrected chi connectivity index (χ0v) is 11.7. The van der Waals surface area contributed by atoms with Gasteiger partial charge in [-0.15, -0.1) is 0 Å². The maximum atomic E-state index is 5.55. The minimum absolute atomic E-state index is 0.614. The summed E-state index contributed by atoms with van der Waals surface area (Å²) in [6.45, 7) is 4.83. The van der Waals surface area contributed by atoms with E-state index in [2.05, 4.69) is 53.1 Å². The van der Waals surface area contributed by atoms with Gasteiger partial charge in [0.05, 0.1) is 15.9 Å². The summed E-state index contributed by atoms with van der Waals surface area (Å²) in [5, 5.41) is 4.53. The van der Waals surface area contributed by atoms with Crippen LogP contribution in [-0.2, 0) is 6.42 Å². The van der Waals surface area contributed by atoms with Crippen LogP contribution in [0.2, 0.25) is 0 Å². The third-order valence-electron chi connectivity index (χ3n) is 2.88. The Morgan fingerprint density at radius 1 is 1.29 bits per heavy atom. The lowest BCUT2D eigenvalue weighted by Gasteiger charge is -2.04. The highest BCUT2D eigenvalue weighted by molar-refractivity contribution is 9.10. The van der Waals surface area contributed by atoms with E-state index in [0.29, 0.717) is 6.54 Å². The maximum absolute atomic E-state index is 5.55. The first-order valence-corrected chi connectivity index (χ1v) is 6.43. The van der Waals surface area contributed by atoms with Gasteiger partial charge in [0.25, 0.3) is 0 Å². The molecule has 2 aromatic rings. The van der Waals surface area contributed by atoms with Gasteiger partial charge in [-0.2, -0.15) is 5.10 Å². The number of benzene rings is 1. The number of nitrogens with two attached hydrogens (primary N) is 1. The molecule has 0 aliphatic carbocycles. The third kappa shape index (κ3) is 2.58. The van der Waals surface area contributed by atoms with Crippen molar-refractivity contribution in [2.75, 3.05) is 6.54 Å². The molecule has 0 aliphatic heterocycles. The second-order valence-electron chi connectivity index (χ2n) is 4.18. The molecule has 0 bridgehead atoms. The molecule has 17 heavy (non-hydrogen) atoms. The standard InChI is InChI=1S/C13H16BrN3/c1-9-3-4-11(7-10(9)2)17-8-12(14)13(16-17)5-6-15/h3-4,7-8H,5-6,15H2,1-2H3. The molecule has 0 spiro atoms. The quantitative estimate of drug-likeness (QED) is 0.946. The molecule has 2 N–H and O–H groups in total. The number of hydrogen-bond donors (Lipinski definition) is 1. The smallest absolute Gasteiger partial charge is 0.0783 e. The van der Waals surface area contributed by atoms with E-state index in [0.717, 1.165) is 22.3 Å². The van der Waals surface area contributed by atoms with Gasteiger partial charge in [-0.3, -0.25) is 0 Å². The largest absolute Gasteiger partial charge is 0.330 e. The molecule has 0 saturated heterocycles. The highest BCUT2D eigenvalue weighted by atomic mass is 79.9. The Balaban J connectivity index is 2.39.